The highest BCUT2D eigenvalue weighted by Crippen LogP contribution is 2.24. The average molecular weight is 415 g/mol. The predicted octanol–water partition coefficient (Wildman–Crippen LogP) is 4.03. The Morgan fingerprint density at radius 1 is 0.607 bits per heavy atom. The Balaban J connectivity index is 1.79. The van der Waals surface area contributed by atoms with Crippen LogP contribution < -0.4 is 21.7 Å². The zero-order valence-electron chi connectivity index (χ0n) is 14.5. The van der Waals surface area contributed by atoms with Crippen molar-refractivity contribution >= 4 is 46.4 Å². The number of nitrogens with zero attached hydrogens (tertiary/aromatic N) is 2. The molecule has 0 saturated carbocycles. The molecule has 4 N–H and O–H groups in total. The molecule has 0 saturated heterocycles. The van der Waals surface area contributed by atoms with Crippen molar-refractivity contribution < 1.29 is 9.59 Å². The molecule has 2 amide bonds. The first kappa shape index (κ1) is 19.9. The van der Waals surface area contributed by atoms with Gasteiger partial charge in [0.25, 0.3) is 11.8 Å². The standard InChI is InChI=1S/C20H16Cl2N4O2/c21-17-7-3-1-5-15(17)19(27)25(23)13-9-11-14(12-10-13)26(24)20(28)16-6-2-4-8-18(16)22/h1-12H,23-24H2. The second kappa shape index (κ2) is 8.41. The number of hydrogen-bond donors (Lipinski definition) is 2. The Morgan fingerprint density at radius 2 is 0.929 bits per heavy atom. The van der Waals surface area contributed by atoms with E-state index in [4.69, 9.17) is 34.9 Å². The fourth-order valence-electron chi connectivity index (χ4n) is 2.54. The Labute approximate surface area is 171 Å². The number of carbonyl (C=O) groups is 2. The maximum atomic E-state index is 12.5. The fourth-order valence-corrected chi connectivity index (χ4v) is 2.97. The number of halogens is 2. The van der Waals surface area contributed by atoms with Crippen LogP contribution in [0.2, 0.25) is 10.0 Å². The van der Waals surface area contributed by atoms with Gasteiger partial charge in [0.2, 0.25) is 0 Å². The molecule has 142 valence electrons. The average Bonchev–Trinajstić information content (AvgIpc) is 2.72. The third-order valence-corrected chi connectivity index (χ3v) is 4.71. The molecule has 0 aliphatic rings. The van der Waals surface area contributed by atoms with Gasteiger partial charge in [-0.1, -0.05) is 47.5 Å². The van der Waals surface area contributed by atoms with E-state index in [9.17, 15) is 9.59 Å². The first-order chi connectivity index (χ1) is 13.4. The first-order valence-electron chi connectivity index (χ1n) is 8.17. The van der Waals surface area contributed by atoms with E-state index in [1.165, 1.54) is 0 Å². The molecule has 0 bridgehead atoms. The minimum atomic E-state index is -0.463. The minimum Gasteiger partial charge on any atom is -0.267 e. The van der Waals surface area contributed by atoms with Crippen molar-refractivity contribution in [3.8, 4) is 0 Å². The van der Waals surface area contributed by atoms with Gasteiger partial charge in [-0.25, -0.2) is 21.7 Å². The van der Waals surface area contributed by atoms with Crippen molar-refractivity contribution in [1.29, 1.82) is 0 Å². The van der Waals surface area contributed by atoms with Gasteiger partial charge in [-0.15, -0.1) is 0 Å². The van der Waals surface area contributed by atoms with E-state index in [2.05, 4.69) is 0 Å². The number of nitrogens with two attached hydrogens (primary N) is 2. The topological polar surface area (TPSA) is 92.7 Å². The summed E-state index contributed by atoms with van der Waals surface area (Å²) in [5.74, 6) is 10.9. The van der Waals surface area contributed by atoms with Crippen LogP contribution in [-0.2, 0) is 0 Å². The first-order valence-corrected chi connectivity index (χ1v) is 8.93. The molecule has 0 fully saturated rings. The molecule has 8 heteroatoms. The maximum absolute atomic E-state index is 12.5. The zero-order chi connectivity index (χ0) is 20.3. The van der Waals surface area contributed by atoms with Gasteiger partial charge in [0.1, 0.15) is 0 Å². The summed E-state index contributed by atoms with van der Waals surface area (Å²) >= 11 is 12.1. The van der Waals surface area contributed by atoms with E-state index in [1.807, 2.05) is 0 Å². The number of hydrazine groups is 2. The summed E-state index contributed by atoms with van der Waals surface area (Å²) in [7, 11) is 0. The molecule has 6 nitrogen and oxygen atoms in total. The summed E-state index contributed by atoms with van der Waals surface area (Å²) in [5.41, 5.74) is 1.38. The minimum absolute atomic E-state index is 0.282. The molecule has 0 aliphatic carbocycles. The highest BCUT2D eigenvalue weighted by atomic mass is 35.5. The van der Waals surface area contributed by atoms with Crippen LogP contribution in [0.15, 0.2) is 72.8 Å². The SMILES string of the molecule is NN(C(=O)c1ccccc1Cl)c1ccc(N(N)C(=O)c2ccccc2Cl)cc1. The summed E-state index contributed by atoms with van der Waals surface area (Å²) < 4.78 is 0. The molecular formula is C20H16Cl2N4O2. The molecule has 3 aromatic carbocycles. The fraction of sp³-hybridized carbons (Fsp3) is 0. The number of benzene rings is 3. The second-order valence-electron chi connectivity index (χ2n) is 5.83. The molecule has 0 spiro atoms. The maximum Gasteiger partial charge on any atom is 0.273 e. The quantitative estimate of drug-likeness (QED) is 0.382. The highest BCUT2D eigenvalue weighted by molar-refractivity contribution is 6.35. The summed E-state index contributed by atoms with van der Waals surface area (Å²) in [5, 5.41) is 2.56. The van der Waals surface area contributed by atoms with Crippen LogP contribution in [0.1, 0.15) is 20.7 Å². The second-order valence-corrected chi connectivity index (χ2v) is 6.64. The van der Waals surface area contributed by atoms with Gasteiger partial charge >= 0.3 is 0 Å². The monoisotopic (exact) mass is 414 g/mol. The summed E-state index contributed by atoms with van der Waals surface area (Å²) in [6.45, 7) is 0. The van der Waals surface area contributed by atoms with Gasteiger partial charge in [-0.3, -0.25) is 9.59 Å². The molecule has 0 aromatic heterocycles. The van der Waals surface area contributed by atoms with E-state index in [0.717, 1.165) is 10.0 Å². The number of carbonyl (C=O) groups excluding carboxylic acids is 2. The number of anilines is 2. The molecule has 3 aromatic rings. The Morgan fingerprint density at radius 3 is 1.25 bits per heavy atom. The Kier molecular flexibility index (Phi) is 5.96. The van der Waals surface area contributed by atoms with Gasteiger partial charge in [0.15, 0.2) is 0 Å². The number of amides is 2. The third-order valence-electron chi connectivity index (χ3n) is 4.05. The lowest BCUT2D eigenvalue weighted by molar-refractivity contribution is 0.0978. The van der Waals surface area contributed by atoms with E-state index in [-0.39, 0.29) is 11.1 Å². The third kappa shape index (κ3) is 4.00. The van der Waals surface area contributed by atoms with Gasteiger partial charge in [0, 0.05) is 0 Å². The summed E-state index contributed by atoms with van der Waals surface area (Å²) in [6.07, 6.45) is 0. The molecule has 3 rings (SSSR count). The van der Waals surface area contributed by atoms with Crippen molar-refractivity contribution in [2.75, 3.05) is 10.0 Å². The molecule has 28 heavy (non-hydrogen) atoms. The van der Waals surface area contributed by atoms with Crippen LogP contribution in [0, 0.1) is 0 Å². The Hall–Kier alpha value is -2.90. The van der Waals surface area contributed by atoms with Crippen molar-refractivity contribution in [2.45, 2.75) is 0 Å². The van der Waals surface area contributed by atoms with Crippen molar-refractivity contribution in [3.63, 3.8) is 0 Å². The number of hydrogen-bond acceptors (Lipinski definition) is 4. The zero-order valence-corrected chi connectivity index (χ0v) is 16.1. The van der Waals surface area contributed by atoms with Crippen molar-refractivity contribution in [3.05, 3.63) is 94.0 Å². The molecule has 0 aliphatic heterocycles. The lowest BCUT2D eigenvalue weighted by atomic mass is 10.2. The summed E-state index contributed by atoms with van der Waals surface area (Å²) in [4.78, 5) is 25.1. The van der Waals surface area contributed by atoms with Gasteiger partial charge < -0.3 is 0 Å². The van der Waals surface area contributed by atoms with E-state index < -0.39 is 11.8 Å². The van der Waals surface area contributed by atoms with Crippen LogP contribution in [0.25, 0.3) is 0 Å². The molecular weight excluding hydrogens is 399 g/mol. The van der Waals surface area contributed by atoms with Crippen LogP contribution in [0.4, 0.5) is 11.4 Å². The van der Waals surface area contributed by atoms with E-state index in [0.29, 0.717) is 21.4 Å². The van der Waals surface area contributed by atoms with Crippen LogP contribution in [0.3, 0.4) is 0 Å². The van der Waals surface area contributed by atoms with Crippen molar-refractivity contribution in [2.24, 2.45) is 11.7 Å². The molecule has 0 heterocycles. The van der Waals surface area contributed by atoms with Crippen LogP contribution >= 0.6 is 23.2 Å². The number of rotatable bonds is 4. The van der Waals surface area contributed by atoms with Crippen LogP contribution in [-0.4, -0.2) is 11.8 Å². The van der Waals surface area contributed by atoms with Gasteiger partial charge in [-0.2, -0.15) is 0 Å². The van der Waals surface area contributed by atoms with E-state index >= 15 is 0 Å². The van der Waals surface area contributed by atoms with Gasteiger partial charge in [-0.05, 0) is 48.5 Å². The van der Waals surface area contributed by atoms with Crippen LogP contribution in [0.5, 0.6) is 0 Å². The van der Waals surface area contributed by atoms with Crippen molar-refractivity contribution in [1.82, 2.24) is 0 Å². The van der Waals surface area contributed by atoms with Gasteiger partial charge in [0.05, 0.1) is 32.5 Å². The smallest absolute Gasteiger partial charge is 0.267 e. The predicted molar refractivity (Wildman–Crippen MR) is 111 cm³/mol. The lowest BCUT2D eigenvalue weighted by Gasteiger charge is -2.20. The summed E-state index contributed by atoms with van der Waals surface area (Å²) in [6, 6.07) is 19.5. The normalized spacial score (nSPS) is 10.4. The molecule has 0 radical (unpaired) electrons. The largest absolute Gasteiger partial charge is 0.273 e. The lowest BCUT2D eigenvalue weighted by Crippen LogP contribution is -2.38. The molecule has 0 atom stereocenters. The highest BCUT2D eigenvalue weighted by Gasteiger charge is 2.19. The Bertz CT molecular complexity index is 942. The van der Waals surface area contributed by atoms with E-state index in [1.54, 1.807) is 72.8 Å². The molecule has 0 unspecified atom stereocenters.